The molecule has 0 spiro atoms. The number of hydrogen-bond acceptors (Lipinski definition) is 0. The first-order valence-corrected chi connectivity index (χ1v) is 5.19. The molecule has 12 heavy (non-hydrogen) atoms. The molecule has 0 aliphatic carbocycles. The average Bonchev–Trinajstić information content (AvgIpc) is 1.84. The summed E-state index contributed by atoms with van der Waals surface area (Å²) in [6.45, 7) is 11.4. The van der Waals surface area contributed by atoms with Crippen molar-refractivity contribution in [2.75, 3.05) is 0 Å². The normalized spacial score (nSPS) is 14.9. The minimum atomic E-state index is 0.705. The van der Waals surface area contributed by atoms with Crippen molar-refractivity contribution in [3.05, 3.63) is 12.2 Å². The van der Waals surface area contributed by atoms with Gasteiger partial charge in [-0.1, -0.05) is 46.8 Å². The van der Waals surface area contributed by atoms with Gasteiger partial charge in [-0.25, -0.2) is 0 Å². The van der Waals surface area contributed by atoms with E-state index >= 15 is 0 Å². The Balaban J connectivity index is 3.49. The molecule has 1 atom stereocenters. The molecule has 0 saturated carbocycles. The van der Waals surface area contributed by atoms with Crippen LogP contribution in [0.15, 0.2) is 12.2 Å². The van der Waals surface area contributed by atoms with Crippen molar-refractivity contribution in [3.8, 4) is 0 Å². The van der Waals surface area contributed by atoms with E-state index in [0.29, 0.717) is 5.92 Å². The van der Waals surface area contributed by atoms with Gasteiger partial charge in [-0.15, -0.1) is 0 Å². The predicted molar refractivity (Wildman–Crippen MR) is 57.2 cm³/mol. The van der Waals surface area contributed by atoms with E-state index in [1.54, 1.807) is 0 Å². The van der Waals surface area contributed by atoms with Gasteiger partial charge in [0.2, 0.25) is 0 Å². The van der Waals surface area contributed by atoms with Crippen LogP contribution in [0.4, 0.5) is 0 Å². The Morgan fingerprint density at radius 2 is 1.58 bits per heavy atom. The molecule has 0 aromatic heterocycles. The molecule has 72 valence electrons. The SMILES string of the molecule is CC(C)/C=C\C[C@@H](C)CC(C)C. The van der Waals surface area contributed by atoms with Crippen LogP contribution in [0, 0.1) is 17.8 Å². The van der Waals surface area contributed by atoms with E-state index in [1.807, 2.05) is 0 Å². The monoisotopic (exact) mass is 168 g/mol. The van der Waals surface area contributed by atoms with Crippen LogP contribution < -0.4 is 0 Å². The molecule has 0 aromatic carbocycles. The van der Waals surface area contributed by atoms with Gasteiger partial charge in [0.05, 0.1) is 0 Å². The zero-order valence-electron chi connectivity index (χ0n) is 9.30. The fraction of sp³-hybridized carbons (Fsp3) is 0.833. The van der Waals surface area contributed by atoms with Gasteiger partial charge in [-0.05, 0) is 30.6 Å². The molecular formula is C12H24. The summed E-state index contributed by atoms with van der Waals surface area (Å²) in [5.41, 5.74) is 0. The van der Waals surface area contributed by atoms with E-state index in [-0.39, 0.29) is 0 Å². The van der Waals surface area contributed by atoms with Gasteiger partial charge in [0.1, 0.15) is 0 Å². The molecule has 0 aromatic rings. The van der Waals surface area contributed by atoms with Crippen LogP contribution >= 0.6 is 0 Å². The maximum atomic E-state index is 2.34. The topological polar surface area (TPSA) is 0 Å². The third-order valence-corrected chi connectivity index (χ3v) is 1.93. The molecule has 0 N–H and O–H groups in total. The second-order valence-electron chi connectivity index (χ2n) is 4.64. The molecule has 0 unspecified atom stereocenters. The highest BCUT2D eigenvalue weighted by molar-refractivity contribution is 4.85. The summed E-state index contributed by atoms with van der Waals surface area (Å²) >= 11 is 0. The van der Waals surface area contributed by atoms with Crippen LogP contribution in [0.5, 0.6) is 0 Å². The fourth-order valence-electron chi connectivity index (χ4n) is 1.48. The number of allylic oxidation sites excluding steroid dienone is 2. The van der Waals surface area contributed by atoms with Gasteiger partial charge < -0.3 is 0 Å². The summed E-state index contributed by atoms with van der Waals surface area (Å²) in [5, 5.41) is 0. The van der Waals surface area contributed by atoms with Crippen LogP contribution in [-0.4, -0.2) is 0 Å². The lowest BCUT2D eigenvalue weighted by atomic mass is 9.95. The Hall–Kier alpha value is -0.260. The maximum absolute atomic E-state index is 2.34. The van der Waals surface area contributed by atoms with Gasteiger partial charge in [0.25, 0.3) is 0 Å². The lowest BCUT2D eigenvalue weighted by molar-refractivity contribution is 0.442. The fourth-order valence-corrected chi connectivity index (χ4v) is 1.48. The molecule has 0 fully saturated rings. The molecule has 0 radical (unpaired) electrons. The van der Waals surface area contributed by atoms with E-state index in [0.717, 1.165) is 11.8 Å². The molecule has 0 saturated heterocycles. The molecule has 0 amide bonds. The van der Waals surface area contributed by atoms with Crippen LogP contribution in [0.1, 0.15) is 47.5 Å². The summed E-state index contributed by atoms with van der Waals surface area (Å²) in [5.74, 6) is 2.39. The smallest absolute Gasteiger partial charge is 0.0290 e. The molecule has 0 rings (SSSR count). The Bertz CT molecular complexity index is 120. The molecule has 0 heterocycles. The minimum Gasteiger partial charge on any atom is -0.0880 e. The first kappa shape index (κ1) is 11.7. The van der Waals surface area contributed by atoms with E-state index in [4.69, 9.17) is 0 Å². The van der Waals surface area contributed by atoms with E-state index in [1.165, 1.54) is 12.8 Å². The Morgan fingerprint density at radius 3 is 2.00 bits per heavy atom. The van der Waals surface area contributed by atoms with Crippen molar-refractivity contribution < 1.29 is 0 Å². The number of rotatable bonds is 5. The third-order valence-electron chi connectivity index (χ3n) is 1.93. The molecule has 0 aliphatic rings. The summed E-state index contributed by atoms with van der Waals surface area (Å²) in [4.78, 5) is 0. The molecule has 0 nitrogen and oxygen atoms in total. The Labute approximate surface area is 78.1 Å². The molecular weight excluding hydrogens is 144 g/mol. The van der Waals surface area contributed by atoms with Gasteiger partial charge in [0, 0.05) is 0 Å². The van der Waals surface area contributed by atoms with Gasteiger partial charge >= 0.3 is 0 Å². The van der Waals surface area contributed by atoms with E-state index in [2.05, 4.69) is 46.8 Å². The largest absolute Gasteiger partial charge is 0.0880 e. The van der Waals surface area contributed by atoms with Gasteiger partial charge in [-0.2, -0.15) is 0 Å². The van der Waals surface area contributed by atoms with Crippen molar-refractivity contribution >= 4 is 0 Å². The Morgan fingerprint density at radius 1 is 1.00 bits per heavy atom. The van der Waals surface area contributed by atoms with E-state index < -0.39 is 0 Å². The average molecular weight is 168 g/mol. The van der Waals surface area contributed by atoms with Crippen molar-refractivity contribution in [1.82, 2.24) is 0 Å². The van der Waals surface area contributed by atoms with Gasteiger partial charge in [0.15, 0.2) is 0 Å². The Kier molecular flexibility index (Phi) is 6.14. The molecule has 0 bridgehead atoms. The first-order valence-electron chi connectivity index (χ1n) is 5.19. The lowest BCUT2D eigenvalue weighted by Gasteiger charge is -2.11. The zero-order valence-corrected chi connectivity index (χ0v) is 9.30. The van der Waals surface area contributed by atoms with Crippen molar-refractivity contribution in [2.24, 2.45) is 17.8 Å². The highest BCUT2D eigenvalue weighted by Crippen LogP contribution is 2.15. The van der Waals surface area contributed by atoms with Crippen LogP contribution in [0.2, 0.25) is 0 Å². The second-order valence-corrected chi connectivity index (χ2v) is 4.64. The lowest BCUT2D eigenvalue weighted by Crippen LogP contribution is -1.98. The standard InChI is InChI=1S/C12H24/c1-10(2)7-6-8-12(5)9-11(3)4/h6-7,10-12H,8-9H2,1-5H3/b7-6-/t12-/m1/s1. The highest BCUT2D eigenvalue weighted by atomic mass is 14.1. The summed E-state index contributed by atoms with van der Waals surface area (Å²) in [6.07, 6.45) is 7.23. The van der Waals surface area contributed by atoms with Crippen LogP contribution in [0.3, 0.4) is 0 Å². The van der Waals surface area contributed by atoms with E-state index in [9.17, 15) is 0 Å². The van der Waals surface area contributed by atoms with Crippen molar-refractivity contribution in [3.63, 3.8) is 0 Å². The quantitative estimate of drug-likeness (QED) is 0.538. The summed E-state index contributed by atoms with van der Waals surface area (Å²) in [6, 6.07) is 0. The highest BCUT2D eigenvalue weighted by Gasteiger charge is 2.02. The maximum Gasteiger partial charge on any atom is -0.0290 e. The molecule has 0 aliphatic heterocycles. The zero-order chi connectivity index (χ0) is 9.56. The summed E-state index contributed by atoms with van der Waals surface area (Å²) in [7, 11) is 0. The van der Waals surface area contributed by atoms with Crippen molar-refractivity contribution in [1.29, 1.82) is 0 Å². The first-order chi connectivity index (χ1) is 5.52. The third kappa shape index (κ3) is 7.84. The molecule has 0 heteroatoms. The number of hydrogen-bond donors (Lipinski definition) is 0. The second kappa shape index (κ2) is 6.28. The van der Waals surface area contributed by atoms with Crippen LogP contribution in [-0.2, 0) is 0 Å². The van der Waals surface area contributed by atoms with Crippen LogP contribution in [0.25, 0.3) is 0 Å². The summed E-state index contributed by atoms with van der Waals surface area (Å²) < 4.78 is 0. The minimum absolute atomic E-state index is 0.705. The predicted octanol–water partition coefficient (Wildman–Crippen LogP) is 4.27. The van der Waals surface area contributed by atoms with Gasteiger partial charge in [-0.3, -0.25) is 0 Å². The van der Waals surface area contributed by atoms with Crippen molar-refractivity contribution in [2.45, 2.75) is 47.5 Å².